The average Bonchev–Trinajstić information content (AvgIpc) is 2.72. The molecule has 3 rings (SSSR count). The first-order valence-electron chi connectivity index (χ1n) is 9.75. The summed E-state index contributed by atoms with van der Waals surface area (Å²) in [5.74, 6) is -4.19. The summed E-state index contributed by atoms with van der Waals surface area (Å²) >= 11 is 0. The monoisotopic (exact) mass is 402 g/mol. The number of amides is 2. The number of benzene rings is 3. The number of carbonyl (C=O) groups excluding carboxylic acids is 2. The molecule has 3 aromatic rings. The summed E-state index contributed by atoms with van der Waals surface area (Å²) in [5.41, 5.74) is 13.2. The Morgan fingerprint density at radius 2 is 1.13 bits per heavy atom. The van der Waals surface area contributed by atoms with Crippen molar-refractivity contribution < 1.29 is 14.7 Å². The van der Waals surface area contributed by atoms with Crippen LogP contribution in [0.4, 0.5) is 0 Å². The van der Waals surface area contributed by atoms with E-state index >= 15 is 0 Å². The molecule has 0 fully saturated rings. The van der Waals surface area contributed by atoms with Gasteiger partial charge < -0.3 is 16.6 Å². The fourth-order valence-electron chi connectivity index (χ4n) is 3.95. The van der Waals surface area contributed by atoms with E-state index in [9.17, 15) is 14.7 Å². The van der Waals surface area contributed by atoms with Gasteiger partial charge in [-0.1, -0.05) is 90.0 Å². The Balaban J connectivity index is 2.36. The van der Waals surface area contributed by atoms with E-state index in [1.807, 2.05) is 44.2 Å². The summed E-state index contributed by atoms with van der Waals surface area (Å²) < 4.78 is 0. The lowest BCUT2D eigenvalue weighted by atomic mass is 9.67. The molecule has 0 saturated heterocycles. The average molecular weight is 402 g/mol. The van der Waals surface area contributed by atoms with Crippen molar-refractivity contribution in [3.63, 3.8) is 0 Å². The molecule has 5 N–H and O–H groups in total. The zero-order valence-electron chi connectivity index (χ0n) is 17.1. The number of hydrogen-bond acceptors (Lipinski definition) is 3. The lowest BCUT2D eigenvalue weighted by Crippen LogP contribution is -2.48. The Morgan fingerprint density at radius 3 is 1.50 bits per heavy atom. The highest BCUT2D eigenvalue weighted by Gasteiger charge is 2.49. The molecule has 2 amide bonds. The normalized spacial score (nSPS) is 12.5. The third-order valence-electron chi connectivity index (χ3n) is 5.54. The van der Waals surface area contributed by atoms with E-state index in [1.165, 1.54) is 0 Å². The maximum Gasteiger partial charge on any atom is 0.230 e. The summed E-state index contributed by atoms with van der Waals surface area (Å²) in [6.45, 7) is 3.89. The van der Waals surface area contributed by atoms with Gasteiger partial charge in [0.25, 0.3) is 0 Å². The molecular formula is C25H26N2O3. The van der Waals surface area contributed by atoms with Crippen molar-refractivity contribution in [2.45, 2.75) is 25.4 Å². The molecule has 0 spiro atoms. The highest BCUT2D eigenvalue weighted by atomic mass is 16.3. The maximum atomic E-state index is 12.4. The van der Waals surface area contributed by atoms with Crippen molar-refractivity contribution in [3.8, 4) is 0 Å². The van der Waals surface area contributed by atoms with E-state index in [0.717, 1.165) is 11.1 Å². The number of carbonyl (C=O) groups is 2. The first-order valence-corrected chi connectivity index (χ1v) is 9.75. The highest BCUT2D eigenvalue weighted by Crippen LogP contribution is 2.46. The lowest BCUT2D eigenvalue weighted by molar-refractivity contribution is -0.135. The first-order chi connectivity index (χ1) is 14.2. The van der Waals surface area contributed by atoms with Crippen molar-refractivity contribution in [1.82, 2.24) is 0 Å². The van der Waals surface area contributed by atoms with E-state index < -0.39 is 29.3 Å². The van der Waals surface area contributed by atoms with Gasteiger partial charge in [0.15, 0.2) is 0 Å². The summed E-state index contributed by atoms with van der Waals surface area (Å²) in [6, 6.07) is 23.6. The second-order valence-electron chi connectivity index (χ2n) is 7.67. The molecule has 0 heterocycles. The SMILES string of the molecule is Cc1ccc(C(O)(c2ccc(C)cc2)[C@@H](c2ccccc2)C(C(N)=O)C(N)=O)cc1. The quantitative estimate of drug-likeness (QED) is 0.529. The predicted molar refractivity (Wildman–Crippen MR) is 116 cm³/mol. The fraction of sp³-hybridized carbons (Fsp3) is 0.200. The Hall–Kier alpha value is -3.44. The third kappa shape index (κ3) is 3.98. The summed E-state index contributed by atoms with van der Waals surface area (Å²) in [7, 11) is 0. The number of primary amides is 2. The van der Waals surface area contributed by atoms with Gasteiger partial charge in [0, 0.05) is 5.92 Å². The minimum absolute atomic E-state index is 0.540. The largest absolute Gasteiger partial charge is 0.380 e. The molecule has 0 aliphatic rings. The van der Waals surface area contributed by atoms with E-state index in [4.69, 9.17) is 11.5 Å². The van der Waals surface area contributed by atoms with Crippen LogP contribution in [0.1, 0.15) is 33.7 Å². The standard InChI is InChI=1S/C25H26N2O3/c1-16-8-12-19(13-9-16)25(30,20-14-10-17(2)11-15-20)22(18-6-4-3-5-7-18)21(23(26)28)24(27)29/h3-15,21-22,30H,1-2H3,(H2,26,28)(H2,27,29)/t22-/m0/s1. The van der Waals surface area contributed by atoms with Crippen LogP contribution < -0.4 is 11.5 Å². The van der Waals surface area contributed by atoms with Crippen molar-refractivity contribution in [2.24, 2.45) is 17.4 Å². The van der Waals surface area contributed by atoms with Crippen LogP contribution >= 0.6 is 0 Å². The van der Waals surface area contributed by atoms with Gasteiger partial charge in [0.1, 0.15) is 11.5 Å². The molecule has 5 heteroatoms. The fourth-order valence-corrected chi connectivity index (χ4v) is 3.95. The van der Waals surface area contributed by atoms with Crippen molar-refractivity contribution in [2.75, 3.05) is 0 Å². The van der Waals surface area contributed by atoms with Gasteiger partial charge in [-0.2, -0.15) is 0 Å². The second-order valence-corrected chi connectivity index (χ2v) is 7.67. The number of aliphatic hydroxyl groups is 1. The molecule has 0 saturated carbocycles. The van der Waals surface area contributed by atoms with Crippen LogP contribution in [0.2, 0.25) is 0 Å². The van der Waals surface area contributed by atoms with Crippen molar-refractivity contribution in [1.29, 1.82) is 0 Å². The van der Waals surface area contributed by atoms with Crippen LogP contribution in [0.15, 0.2) is 78.9 Å². The zero-order chi connectivity index (χ0) is 21.9. The van der Waals surface area contributed by atoms with Gasteiger partial charge in [0.2, 0.25) is 11.8 Å². The summed E-state index contributed by atoms with van der Waals surface area (Å²) in [5, 5.41) is 12.3. The van der Waals surface area contributed by atoms with E-state index in [0.29, 0.717) is 16.7 Å². The van der Waals surface area contributed by atoms with Crippen LogP contribution in [-0.2, 0) is 15.2 Å². The van der Waals surface area contributed by atoms with Crippen molar-refractivity contribution in [3.05, 3.63) is 107 Å². The third-order valence-corrected chi connectivity index (χ3v) is 5.54. The highest BCUT2D eigenvalue weighted by molar-refractivity contribution is 6.00. The molecule has 5 nitrogen and oxygen atoms in total. The smallest absolute Gasteiger partial charge is 0.230 e. The molecule has 30 heavy (non-hydrogen) atoms. The molecule has 0 radical (unpaired) electrons. The first kappa shape index (κ1) is 21.3. The van der Waals surface area contributed by atoms with Gasteiger partial charge >= 0.3 is 0 Å². The topological polar surface area (TPSA) is 106 Å². The molecule has 154 valence electrons. The van der Waals surface area contributed by atoms with Gasteiger partial charge in [-0.05, 0) is 30.5 Å². The van der Waals surface area contributed by atoms with E-state index in [-0.39, 0.29) is 0 Å². The zero-order valence-corrected chi connectivity index (χ0v) is 17.1. The molecular weight excluding hydrogens is 376 g/mol. The maximum absolute atomic E-state index is 12.4. The Labute approximate surface area is 176 Å². The van der Waals surface area contributed by atoms with Crippen LogP contribution in [-0.4, -0.2) is 16.9 Å². The Bertz CT molecular complexity index is 969. The van der Waals surface area contributed by atoms with Crippen LogP contribution in [0.5, 0.6) is 0 Å². The molecule has 0 aliphatic heterocycles. The second kappa shape index (κ2) is 8.51. The van der Waals surface area contributed by atoms with Gasteiger partial charge in [-0.3, -0.25) is 9.59 Å². The number of nitrogens with two attached hydrogens (primary N) is 2. The van der Waals surface area contributed by atoms with Gasteiger partial charge in [-0.15, -0.1) is 0 Å². The van der Waals surface area contributed by atoms with Gasteiger partial charge in [0.05, 0.1) is 0 Å². The van der Waals surface area contributed by atoms with Crippen LogP contribution in [0.3, 0.4) is 0 Å². The van der Waals surface area contributed by atoms with Crippen LogP contribution in [0.25, 0.3) is 0 Å². The van der Waals surface area contributed by atoms with Gasteiger partial charge in [-0.25, -0.2) is 0 Å². The minimum Gasteiger partial charge on any atom is -0.380 e. The molecule has 0 aliphatic carbocycles. The molecule has 3 aromatic carbocycles. The van der Waals surface area contributed by atoms with E-state index in [2.05, 4.69) is 0 Å². The molecule has 1 atom stereocenters. The Morgan fingerprint density at radius 1 is 0.733 bits per heavy atom. The minimum atomic E-state index is -1.72. The summed E-state index contributed by atoms with van der Waals surface area (Å²) in [6.07, 6.45) is 0. The lowest BCUT2D eigenvalue weighted by Gasteiger charge is -2.40. The molecule has 0 unspecified atom stereocenters. The number of aryl methyl sites for hydroxylation is 2. The van der Waals surface area contributed by atoms with Crippen molar-refractivity contribution >= 4 is 11.8 Å². The predicted octanol–water partition coefficient (Wildman–Crippen LogP) is 2.91. The summed E-state index contributed by atoms with van der Waals surface area (Å²) in [4.78, 5) is 24.8. The Kier molecular flexibility index (Phi) is 6.04. The molecule has 0 aromatic heterocycles. The van der Waals surface area contributed by atoms with Crippen LogP contribution in [0, 0.1) is 19.8 Å². The number of rotatable bonds is 7. The van der Waals surface area contributed by atoms with E-state index in [1.54, 1.807) is 48.5 Å². The number of hydrogen-bond donors (Lipinski definition) is 3. The molecule has 0 bridgehead atoms.